The van der Waals surface area contributed by atoms with Crippen LogP contribution in [0.25, 0.3) is 0 Å². The molecule has 0 amide bonds. The fourth-order valence-corrected chi connectivity index (χ4v) is 3.38. The van der Waals surface area contributed by atoms with Crippen LogP contribution in [0.2, 0.25) is 0 Å². The lowest BCUT2D eigenvalue weighted by atomic mass is 9.79. The molecule has 0 bridgehead atoms. The van der Waals surface area contributed by atoms with Crippen molar-refractivity contribution in [2.45, 2.75) is 53.4 Å². The highest BCUT2D eigenvalue weighted by Gasteiger charge is 2.28. The molecule has 1 saturated carbocycles. The molecular weight excluding hydrogens is 258 g/mol. The Bertz CT molecular complexity index is 394. The number of aliphatic imine (C=N–C) groups is 1. The molecule has 0 N–H and O–H groups in total. The quantitative estimate of drug-likeness (QED) is 0.293. The van der Waals surface area contributed by atoms with Crippen LogP contribution in [0.15, 0.2) is 28.5 Å². The van der Waals surface area contributed by atoms with E-state index in [1.807, 2.05) is 0 Å². The van der Waals surface area contributed by atoms with Crippen molar-refractivity contribution in [1.82, 2.24) is 0 Å². The molecule has 4 atom stereocenters. The Balaban J connectivity index is 2.95. The summed E-state index contributed by atoms with van der Waals surface area (Å²) in [6, 6.07) is 0. The standard InChI is InChI=1S/C19H33NO/c1-7-17(10-11-18(21-6)13-20-5)19-12-16(4)14(2)8-9-15(19)3/h10-11,13-16,19H,7-9,12H2,1-6H3/b17-10+,18-11+,20-13?/t14?,15-,16?,19-/m0/s1. The van der Waals surface area contributed by atoms with E-state index in [0.717, 1.165) is 29.9 Å². The maximum absolute atomic E-state index is 5.33. The van der Waals surface area contributed by atoms with Crippen LogP contribution >= 0.6 is 0 Å². The van der Waals surface area contributed by atoms with Crippen molar-refractivity contribution < 1.29 is 4.74 Å². The number of ether oxygens (including phenoxy) is 1. The monoisotopic (exact) mass is 291 g/mol. The van der Waals surface area contributed by atoms with Crippen molar-refractivity contribution in [3.05, 3.63) is 23.5 Å². The van der Waals surface area contributed by atoms with Gasteiger partial charge in [-0.05, 0) is 49.0 Å². The molecule has 0 aliphatic heterocycles. The first-order chi connectivity index (χ1) is 10.0. The van der Waals surface area contributed by atoms with Gasteiger partial charge in [-0.1, -0.05) is 45.8 Å². The number of hydrogen-bond donors (Lipinski definition) is 0. The Morgan fingerprint density at radius 2 is 1.76 bits per heavy atom. The van der Waals surface area contributed by atoms with Gasteiger partial charge in [0.05, 0.1) is 13.3 Å². The van der Waals surface area contributed by atoms with Gasteiger partial charge in [0.2, 0.25) is 0 Å². The van der Waals surface area contributed by atoms with E-state index in [1.54, 1.807) is 25.9 Å². The Kier molecular flexibility index (Phi) is 7.77. The summed E-state index contributed by atoms with van der Waals surface area (Å²) in [5, 5.41) is 0. The molecule has 0 saturated heterocycles. The van der Waals surface area contributed by atoms with Crippen molar-refractivity contribution >= 4 is 6.21 Å². The molecule has 0 aromatic carbocycles. The summed E-state index contributed by atoms with van der Waals surface area (Å²) < 4.78 is 5.33. The van der Waals surface area contributed by atoms with Crippen molar-refractivity contribution in [3.63, 3.8) is 0 Å². The lowest BCUT2D eigenvalue weighted by Gasteiger charge is -2.26. The predicted molar refractivity (Wildman–Crippen MR) is 92.7 cm³/mol. The second-order valence-electron chi connectivity index (χ2n) is 6.61. The average molecular weight is 291 g/mol. The van der Waals surface area contributed by atoms with Crippen molar-refractivity contribution in [3.8, 4) is 0 Å². The van der Waals surface area contributed by atoms with Gasteiger partial charge in [-0.15, -0.1) is 0 Å². The number of nitrogens with zero attached hydrogens (tertiary/aromatic N) is 1. The Hall–Kier alpha value is -1.05. The molecule has 1 rings (SSSR count). The Morgan fingerprint density at radius 3 is 2.33 bits per heavy atom. The Labute approximate surface area is 131 Å². The normalized spacial score (nSPS) is 32.3. The molecule has 0 heterocycles. The molecule has 0 radical (unpaired) electrons. The van der Waals surface area contributed by atoms with Crippen LogP contribution in [0.3, 0.4) is 0 Å². The van der Waals surface area contributed by atoms with Crippen LogP contribution in [0.4, 0.5) is 0 Å². The smallest absolute Gasteiger partial charge is 0.136 e. The zero-order chi connectivity index (χ0) is 15.8. The van der Waals surface area contributed by atoms with Gasteiger partial charge in [-0.25, -0.2) is 0 Å². The third-order valence-corrected chi connectivity index (χ3v) is 5.20. The summed E-state index contributed by atoms with van der Waals surface area (Å²) in [7, 11) is 3.47. The van der Waals surface area contributed by atoms with Gasteiger partial charge in [0.1, 0.15) is 5.76 Å². The van der Waals surface area contributed by atoms with Crippen molar-refractivity contribution in [2.75, 3.05) is 14.2 Å². The lowest BCUT2D eigenvalue weighted by Crippen LogP contribution is -2.15. The summed E-state index contributed by atoms with van der Waals surface area (Å²) >= 11 is 0. The zero-order valence-electron chi connectivity index (χ0n) is 14.7. The molecule has 1 fully saturated rings. The van der Waals surface area contributed by atoms with Crippen LogP contribution in [-0.2, 0) is 4.74 Å². The van der Waals surface area contributed by atoms with E-state index in [1.165, 1.54) is 19.3 Å². The van der Waals surface area contributed by atoms with Gasteiger partial charge >= 0.3 is 0 Å². The van der Waals surface area contributed by atoms with Crippen LogP contribution in [0, 0.1) is 23.7 Å². The van der Waals surface area contributed by atoms with Crippen LogP contribution in [0.1, 0.15) is 53.4 Å². The van der Waals surface area contributed by atoms with Gasteiger partial charge in [-0.3, -0.25) is 4.99 Å². The van der Waals surface area contributed by atoms with Crippen LogP contribution < -0.4 is 0 Å². The number of allylic oxidation sites excluding steroid dienone is 4. The molecule has 0 aromatic rings. The van der Waals surface area contributed by atoms with Gasteiger partial charge < -0.3 is 4.74 Å². The van der Waals surface area contributed by atoms with E-state index >= 15 is 0 Å². The highest BCUT2D eigenvalue weighted by atomic mass is 16.5. The number of hydrogen-bond acceptors (Lipinski definition) is 2. The summed E-state index contributed by atoms with van der Waals surface area (Å²) in [6.45, 7) is 9.53. The van der Waals surface area contributed by atoms with E-state index in [0.29, 0.717) is 5.92 Å². The average Bonchev–Trinajstić information content (AvgIpc) is 2.60. The number of rotatable bonds is 5. The summed E-state index contributed by atoms with van der Waals surface area (Å²) in [5.41, 5.74) is 1.56. The highest BCUT2D eigenvalue weighted by molar-refractivity contribution is 5.76. The minimum absolute atomic E-state index is 0.711. The first-order valence-electron chi connectivity index (χ1n) is 8.40. The van der Waals surface area contributed by atoms with E-state index in [-0.39, 0.29) is 0 Å². The highest BCUT2D eigenvalue weighted by Crippen LogP contribution is 2.39. The van der Waals surface area contributed by atoms with Crippen LogP contribution in [-0.4, -0.2) is 20.4 Å². The molecule has 120 valence electrons. The number of methoxy groups -OCH3 is 1. The maximum Gasteiger partial charge on any atom is 0.136 e. The largest absolute Gasteiger partial charge is 0.495 e. The van der Waals surface area contributed by atoms with Gasteiger partial charge in [0.15, 0.2) is 0 Å². The topological polar surface area (TPSA) is 21.6 Å². The van der Waals surface area contributed by atoms with Crippen molar-refractivity contribution in [1.29, 1.82) is 0 Å². The fraction of sp³-hybridized carbons (Fsp3) is 0.737. The summed E-state index contributed by atoms with van der Waals surface area (Å²) in [5.74, 6) is 3.99. The molecule has 1 aliphatic carbocycles. The van der Waals surface area contributed by atoms with Gasteiger partial charge in [0.25, 0.3) is 0 Å². The molecule has 0 aromatic heterocycles. The molecular formula is C19H33NO. The van der Waals surface area contributed by atoms with E-state index in [4.69, 9.17) is 4.74 Å². The van der Waals surface area contributed by atoms with Crippen molar-refractivity contribution in [2.24, 2.45) is 28.7 Å². The third kappa shape index (κ3) is 5.33. The zero-order valence-corrected chi connectivity index (χ0v) is 14.7. The van der Waals surface area contributed by atoms with Gasteiger partial charge in [0, 0.05) is 7.05 Å². The molecule has 2 heteroatoms. The molecule has 1 aliphatic rings. The Morgan fingerprint density at radius 1 is 1.10 bits per heavy atom. The molecule has 2 unspecified atom stereocenters. The SMILES string of the molecule is CC/C(=C\C=C(/C=NC)OC)[C@H]1CC(C)C(C)CC[C@@H]1C. The van der Waals surface area contributed by atoms with E-state index in [2.05, 4.69) is 44.8 Å². The van der Waals surface area contributed by atoms with Crippen LogP contribution in [0.5, 0.6) is 0 Å². The molecule has 0 spiro atoms. The first kappa shape index (κ1) is 18.0. The lowest BCUT2D eigenvalue weighted by molar-refractivity contribution is 0.316. The predicted octanol–water partition coefficient (Wildman–Crippen LogP) is 5.26. The molecule has 21 heavy (non-hydrogen) atoms. The second-order valence-corrected chi connectivity index (χ2v) is 6.61. The third-order valence-electron chi connectivity index (χ3n) is 5.20. The minimum atomic E-state index is 0.711. The molecule has 2 nitrogen and oxygen atoms in total. The van der Waals surface area contributed by atoms with E-state index < -0.39 is 0 Å². The maximum atomic E-state index is 5.33. The van der Waals surface area contributed by atoms with E-state index in [9.17, 15) is 0 Å². The first-order valence-corrected chi connectivity index (χ1v) is 8.40. The fourth-order valence-electron chi connectivity index (χ4n) is 3.38. The second kappa shape index (κ2) is 9.07. The minimum Gasteiger partial charge on any atom is -0.495 e. The summed E-state index contributed by atoms with van der Waals surface area (Å²) in [6.07, 6.45) is 11.3. The van der Waals surface area contributed by atoms with Gasteiger partial charge in [-0.2, -0.15) is 0 Å². The summed E-state index contributed by atoms with van der Waals surface area (Å²) in [4.78, 5) is 4.03.